The number of sulfonamides is 2. The largest absolute Gasteiger partial charge is 0.465 e. The first-order valence-corrected chi connectivity index (χ1v) is 22.1. The normalized spacial score (nSPS) is 15.1. The van der Waals surface area contributed by atoms with Crippen molar-refractivity contribution in [3.8, 4) is 0 Å². The second kappa shape index (κ2) is 20.0. The number of aromatic nitrogens is 2. The fraction of sp³-hybridized carbons (Fsp3) is 0.385. The molecule has 0 radical (unpaired) electrons. The minimum absolute atomic E-state index is 0.0533. The Morgan fingerprint density at radius 1 is 0.672 bits per heavy atom. The number of hydrogen-bond acceptors (Lipinski definition) is 11. The Hall–Kier alpha value is -4.42. The van der Waals surface area contributed by atoms with Crippen LogP contribution in [0.2, 0.25) is 10.0 Å². The van der Waals surface area contributed by atoms with Crippen molar-refractivity contribution in [1.29, 1.82) is 0 Å². The van der Waals surface area contributed by atoms with Gasteiger partial charge in [0.1, 0.15) is 11.6 Å². The van der Waals surface area contributed by atoms with Crippen molar-refractivity contribution in [2.24, 2.45) is 0 Å². The van der Waals surface area contributed by atoms with Crippen LogP contribution in [-0.4, -0.2) is 76.6 Å². The number of nitrogens with one attached hydrogen (secondary N) is 1. The van der Waals surface area contributed by atoms with Crippen LogP contribution in [-0.2, 0) is 42.6 Å². The summed E-state index contributed by atoms with van der Waals surface area (Å²) >= 11 is 11.8. The summed E-state index contributed by atoms with van der Waals surface area (Å²) in [6, 6.07) is 13.8. The Morgan fingerprint density at radius 2 is 1.09 bits per heavy atom. The molecule has 4 aromatic rings. The van der Waals surface area contributed by atoms with Gasteiger partial charge in [0.25, 0.3) is 0 Å². The molecule has 0 amide bonds. The number of anilines is 2. The van der Waals surface area contributed by atoms with E-state index in [1.807, 2.05) is 0 Å². The Balaban J connectivity index is 0.000000221. The molecule has 1 aliphatic carbocycles. The van der Waals surface area contributed by atoms with Crippen LogP contribution < -0.4 is 13.9 Å². The third-order valence-electron chi connectivity index (χ3n) is 9.78. The maximum absolute atomic E-state index is 13.6. The first kappa shape index (κ1) is 44.7. The molecular weight excluding hydrogens is 839 g/mol. The fourth-order valence-corrected chi connectivity index (χ4v) is 10.8. The molecule has 1 saturated heterocycles. The van der Waals surface area contributed by atoms with Gasteiger partial charge in [0.05, 0.1) is 81.7 Å². The lowest BCUT2D eigenvalue weighted by Gasteiger charge is -2.31. The quantitative estimate of drug-likeness (QED) is 0.145. The fourth-order valence-electron chi connectivity index (χ4n) is 6.56. The number of ether oxygens (including phenoxy) is 2. The van der Waals surface area contributed by atoms with Crippen LogP contribution in [0, 0.1) is 11.6 Å². The van der Waals surface area contributed by atoms with Crippen LogP contribution >= 0.6 is 23.2 Å². The van der Waals surface area contributed by atoms with E-state index in [-0.39, 0.29) is 45.6 Å². The molecule has 2 aromatic heterocycles. The van der Waals surface area contributed by atoms with Crippen LogP contribution in [0.5, 0.6) is 0 Å². The molecule has 0 spiro atoms. The van der Waals surface area contributed by atoms with Gasteiger partial charge in [-0.05, 0) is 99.4 Å². The molecule has 1 aliphatic heterocycles. The highest BCUT2D eigenvalue weighted by Crippen LogP contribution is 2.33. The second-order valence-electron chi connectivity index (χ2n) is 13.6. The van der Waals surface area contributed by atoms with Crippen molar-refractivity contribution < 1.29 is 44.7 Å². The van der Waals surface area contributed by atoms with E-state index in [4.69, 9.17) is 23.2 Å². The van der Waals surface area contributed by atoms with Crippen LogP contribution in [0.4, 0.5) is 20.2 Å². The number of piperidine rings is 1. The summed E-state index contributed by atoms with van der Waals surface area (Å²) in [5.41, 5.74) is 1.93. The van der Waals surface area contributed by atoms with Crippen molar-refractivity contribution in [2.45, 2.75) is 68.5 Å². The number of benzene rings is 2. The zero-order valence-corrected chi connectivity index (χ0v) is 34.9. The molecule has 312 valence electrons. The maximum Gasteiger partial charge on any atom is 0.339 e. The van der Waals surface area contributed by atoms with Gasteiger partial charge in [0.15, 0.2) is 0 Å². The van der Waals surface area contributed by atoms with E-state index in [9.17, 15) is 35.2 Å². The minimum Gasteiger partial charge on any atom is -0.465 e. The molecule has 1 N–H and O–H groups in total. The first-order chi connectivity index (χ1) is 27.6. The number of halogens is 4. The molecule has 0 bridgehead atoms. The smallest absolute Gasteiger partial charge is 0.339 e. The standard InChI is InChI=1S/C20H22ClFN2O4S.C19H21ClFN3O4S/c1-28-20(25)14-7-8-15(23-12-14)13-24(16-9-10-19(22)18(21)11-16)29(26,27)17-5-3-2-4-6-17;1-28-19(25)13-2-3-14(23-11-13)12-24(15-4-5-18(21)17(20)10-15)29(26,27)16-6-8-22-9-7-16/h7-12,17H,2-6,13H2,1H3;2-5,10-11,16,22H,6-9,12H2,1H3. The number of pyridine rings is 2. The van der Waals surface area contributed by atoms with Gasteiger partial charge in [-0.25, -0.2) is 35.2 Å². The summed E-state index contributed by atoms with van der Waals surface area (Å²) < 4.78 is 92.5. The van der Waals surface area contributed by atoms with Crippen molar-refractivity contribution in [3.63, 3.8) is 0 Å². The topological polar surface area (TPSA) is 165 Å². The predicted molar refractivity (Wildman–Crippen MR) is 217 cm³/mol. The molecule has 19 heteroatoms. The third kappa shape index (κ3) is 11.0. The monoisotopic (exact) mass is 881 g/mol. The molecule has 6 rings (SSSR count). The Kier molecular flexibility index (Phi) is 15.4. The lowest BCUT2D eigenvalue weighted by atomic mass is 10.0. The van der Waals surface area contributed by atoms with Crippen LogP contribution in [0.25, 0.3) is 0 Å². The predicted octanol–water partition coefficient (Wildman–Crippen LogP) is 7.08. The molecule has 0 unspecified atom stereocenters. The van der Waals surface area contributed by atoms with E-state index in [1.54, 1.807) is 12.1 Å². The van der Waals surface area contributed by atoms with Crippen molar-refractivity contribution in [2.75, 3.05) is 35.9 Å². The van der Waals surface area contributed by atoms with Crippen LogP contribution in [0.15, 0.2) is 73.1 Å². The van der Waals surface area contributed by atoms with Gasteiger partial charge in [-0.1, -0.05) is 42.5 Å². The van der Waals surface area contributed by atoms with E-state index in [2.05, 4.69) is 24.8 Å². The Labute approximate surface area is 346 Å². The Bertz CT molecular complexity index is 2120. The first-order valence-electron chi connectivity index (χ1n) is 18.4. The van der Waals surface area contributed by atoms with Gasteiger partial charge in [-0.2, -0.15) is 0 Å². The highest BCUT2D eigenvalue weighted by Gasteiger charge is 2.35. The molecule has 13 nitrogen and oxygen atoms in total. The molecule has 2 aromatic carbocycles. The molecule has 2 aliphatic rings. The summed E-state index contributed by atoms with van der Waals surface area (Å²) in [4.78, 5) is 31.5. The number of hydrogen-bond donors (Lipinski definition) is 1. The second-order valence-corrected chi connectivity index (χ2v) is 18.7. The number of nitrogens with zero attached hydrogens (tertiary/aromatic N) is 4. The minimum atomic E-state index is -3.76. The van der Waals surface area contributed by atoms with Gasteiger partial charge < -0.3 is 14.8 Å². The van der Waals surface area contributed by atoms with Gasteiger partial charge >= 0.3 is 11.9 Å². The average molecular weight is 883 g/mol. The number of methoxy groups -OCH3 is 2. The summed E-state index contributed by atoms with van der Waals surface area (Å²) in [5, 5.41) is 1.75. The number of rotatable bonds is 12. The lowest BCUT2D eigenvalue weighted by molar-refractivity contribution is 0.0591. The summed E-state index contributed by atoms with van der Waals surface area (Å²) in [5.74, 6) is -2.31. The van der Waals surface area contributed by atoms with E-state index in [1.165, 1.54) is 71.6 Å². The van der Waals surface area contributed by atoms with E-state index < -0.39 is 54.1 Å². The van der Waals surface area contributed by atoms with Crippen LogP contribution in [0.1, 0.15) is 77.0 Å². The SMILES string of the molecule is COC(=O)c1ccc(CN(c2ccc(F)c(Cl)c2)S(=O)(=O)C2CCCCC2)nc1.COC(=O)c1ccc(CN(c2ccc(F)c(Cl)c2)S(=O)(=O)C2CCNCC2)nc1. The van der Waals surface area contributed by atoms with Gasteiger partial charge in [-0.3, -0.25) is 18.6 Å². The summed E-state index contributed by atoms with van der Waals surface area (Å²) in [7, 11) is -4.93. The summed E-state index contributed by atoms with van der Waals surface area (Å²) in [6.45, 7) is 1.08. The van der Waals surface area contributed by atoms with Crippen LogP contribution in [0.3, 0.4) is 0 Å². The highest BCUT2D eigenvalue weighted by atomic mass is 35.5. The molecule has 2 fully saturated rings. The van der Waals surface area contributed by atoms with E-state index >= 15 is 0 Å². The lowest BCUT2D eigenvalue weighted by Crippen LogP contribution is -2.44. The van der Waals surface area contributed by atoms with E-state index in [0.29, 0.717) is 50.2 Å². The maximum atomic E-state index is 13.6. The van der Waals surface area contributed by atoms with Crippen molar-refractivity contribution in [1.82, 2.24) is 15.3 Å². The summed E-state index contributed by atoms with van der Waals surface area (Å²) in [6.07, 6.45) is 7.52. The number of carbonyl (C=O) groups is 2. The Morgan fingerprint density at radius 3 is 1.45 bits per heavy atom. The molecule has 58 heavy (non-hydrogen) atoms. The van der Waals surface area contributed by atoms with Crippen molar-refractivity contribution in [3.05, 3.63) is 117 Å². The average Bonchev–Trinajstić information content (AvgIpc) is 3.24. The molecule has 0 atom stereocenters. The van der Waals surface area contributed by atoms with Gasteiger partial charge in [0, 0.05) is 12.4 Å². The molecule has 1 saturated carbocycles. The van der Waals surface area contributed by atoms with Gasteiger partial charge in [0.2, 0.25) is 20.0 Å². The van der Waals surface area contributed by atoms with Crippen molar-refractivity contribution >= 4 is 66.6 Å². The zero-order chi connectivity index (χ0) is 42.0. The van der Waals surface area contributed by atoms with E-state index in [0.717, 1.165) is 31.4 Å². The molecule has 3 heterocycles. The zero-order valence-electron chi connectivity index (χ0n) is 31.7. The third-order valence-corrected chi connectivity index (χ3v) is 14.9. The number of esters is 2. The molecular formula is C39H43Cl2F2N5O8S2. The number of carbonyl (C=O) groups excluding carboxylic acids is 2. The highest BCUT2D eigenvalue weighted by molar-refractivity contribution is 7.93. The van der Waals surface area contributed by atoms with Gasteiger partial charge in [-0.15, -0.1) is 0 Å².